The van der Waals surface area contributed by atoms with Crippen molar-refractivity contribution in [1.29, 1.82) is 0 Å². The fourth-order valence-electron chi connectivity index (χ4n) is 2.05. The molecule has 0 spiro atoms. The molecule has 0 aliphatic rings. The lowest BCUT2D eigenvalue weighted by Crippen LogP contribution is -1.86. The monoisotopic (exact) mass is 281 g/mol. The Kier molecular flexibility index (Phi) is 3.39. The molecule has 0 atom stereocenters. The van der Waals surface area contributed by atoms with Gasteiger partial charge in [-0.05, 0) is 29.0 Å². The van der Waals surface area contributed by atoms with E-state index in [1.54, 1.807) is 23.9 Å². The fourth-order valence-corrected chi connectivity index (χ4v) is 3.02. The van der Waals surface area contributed by atoms with E-state index in [9.17, 15) is 10.1 Å². The van der Waals surface area contributed by atoms with Crippen LogP contribution < -0.4 is 0 Å². The summed E-state index contributed by atoms with van der Waals surface area (Å²) in [4.78, 5) is 12.4. The maximum atomic E-state index is 10.6. The molecule has 3 rings (SSSR count). The summed E-state index contributed by atoms with van der Waals surface area (Å²) in [5.74, 6) is 0. The minimum Gasteiger partial charge on any atom is -0.258 e. The lowest BCUT2D eigenvalue weighted by molar-refractivity contribution is -0.384. The number of fused-ring (bicyclic) bond motifs is 1. The maximum Gasteiger partial charge on any atom is 0.269 e. The predicted octanol–water partition coefficient (Wildman–Crippen LogP) is 4.90. The molecule has 3 aromatic carbocycles. The molecule has 20 heavy (non-hydrogen) atoms. The summed E-state index contributed by atoms with van der Waals surface area (Å²) in [6.45, 7) is 0. The molecule has 0 aliphatic heterocycles. The van der Waals surface area contributed by atoms with E-state index in [0.717, 1.165) is 9.79 Å². The van der Waals surface area contributed by atoms with Crippen molar-refractivity contribution < 1.29 is 4.92 Å². The molecular weight excluding hydrogens is 270 g/mol. The van der Waals surface area contributed by atoms with Crippen molar-refractivity contribution in [2.45, 2.75) is 9.79 Å². The maximum absolute atomic E-state index is 10.6. The average Bonchev–Trinajstić information content (AvgIpc) is 2.48. The van der Waals surface area contributed by atoms with Crippen LogP contribution in [0.1, 0.15) is 0 Å². The van der Waals surface area contributed by atoms with E-state index in [0.29, 0.717) is 0 Å². The van der Waals surface area contributed by atoms with Gasteiger partial charge in [-0.3, -0.25) is 10.1 Å². The first-order chi connectivity index (χ1) is 9.74. The minimum absolute atomic E-state index is 0.118. The highest BCUT2D eigenvalue weighted by Gasteiger charge is 2.06. The van der Waals surface area contributed by atoms with Crippen LogP contribution in [0.3, 0.4) is 0 Å². The van der Waals surface area contributed by atoms with Gasteiger partial charge in [-0.25, -0.2) is 0 Å². The van der Waals surface area contributed by atoms with Gasteiger partial charge in [-0.1, -0.05) is 48.2 Å². The van der Waals surface area contributed by atoms with Crippen LogP contribution in [-0.4, -0.2) is 4.92 Å². The number of benzene rings is 3. The zero-order chi connectivity index (χ0) is 13.9. The van der Waals surface area contributed by atoms with Crippen LogP contribution in [0.4, 0.5) is 5.69 Å². The first kappa shape index (κ1) is 12.7. The van der Waals surface area contributed by atoms with Crippen LogP contribution in [0.15, 0.2) is 76.5 Å². The molecule has 0 fully saturated rings. The Morgan fingerprint density at radius 3 is 2.30 bits per heavy atom. The van der Waals surface area contributed by atoms with Crippen molar-refractivity contribution in [2.24, 2.45) is 0 Å². The zero-order valence-corrected chi connectivity index (χ0v) is 11.3. The fraction of sp³-hybridized carbons (Fsp3) is 0. The Labute approximate surface area is 120 Å². The molecule has 0 unspecified atom stereocenters. The minimum atomic E-state index is -0.383. The Morgan fingerprint density at radius 1 is 0.850 bits per heavy atom. The number of nitrogens with zero attached hydrogens (tertiary/aromatic N) is 1. The van der Waals surface area contributed by atoms with Crippen LogP contribution in [-0.2, 0) is 0 Å². The van der Waals surface area contributed by atoms with Crippen molar-refractivity contribution in [3.63, 3.8) is 0 Å². The molecule has 0 heterocycles. The molecule has 0 bridgehead atoms. The average molecular weight is 281 g/mol. The predicted molar refractivity (Wildman–Crippen MR) is 81.2 cm³/mol. The Morgan fingerprint density at radius 2 is 1.55 bits per heavy atom. The summed E-state index contributed by atoms with van der Waals surface area (Å²) in [6.07, 6.45) is 0. The molecule has 0 saturated carbocycles. The van der Waals surface area contributed by atoms with Gasteiger partial charge < -0.3 is 0 Å². The number of non-ortho nitro benzene ring substituents is 1. The van der Waals surface area contributed by atoms with E-state index in [-0.39, 0.29) is 10.6 Å². The van der Waals surface area contributed by atoms with Crippen LogP contribution in [0.2, 0.25) is 0 Å². The molecule has 0 N–H and O–H groups in total. The molecule has 3 aromatic rings. The summed E-state index contributed by atoms with van der Waals surface area (Å²) >= 11 is 1.61. The van der Waals surface area contributed by atoms with Crippen molar-refractivity contribution in [2.75, 3.05) is 0 Å². The van der Waals surface area contributed by atoms with E-state index in [4.69, 9.17) is 0 Å². The summed E-state index contributed by atoms with van der Waals surface area (Å²) in [6, 6.07) is 21.0. The van der Waals surface area contributed by atoms with Gasteiger partial charge in [-0.2, -0.15) is 0 Å². The second-order valence-corrected chi connectivity index (χ2v) is 5.45. The summed E-state index contributed by atoms with van der Waals surface area (Å²) in [5, 5.41) is 13.0. The number of nitro benzene ring substituents is 1. The van der Waals surface area contributed by atoms with Gasteiger partial charge in [0, 0.05) is 21.9 Å². The van der Waals surface area contributed by atoms with Gasteiger partial charge in [0.1, 0.15) is 0 Å². The lowest BCUT2D eigenvalue weighted by Gasteiger charge is -2.06. The number of hydrogen-bond acceptors (Lipinski definition) is 3. The van der Waals surface area contributed by atoms with E-state index < -0.39 is 0 Å². The summed E-state index contributed by atoms with van der Waals surface area (Å²) in [7, 11) is 0. The van der Waals surface area contributed by atoms with Gasteiger partial charge in [0.05, 0.1) is 4.92 Å². The van der Waals surface area contributed by atoms with Gasteiger partial charge in [0.25, 0.3) is 5.69 Å². The van der Waals surface area contributed by atoms with E-state index in [1.807, 2.05) is 18.2 Å². The number of rotatable bonds is 3. The van der Waals surface area contributed by atoms with Gasteiger partial charge in [0.15, 0.2) is 0 Å². The van der Waals surface area contributed by atoms with Crippen LogP contribution >= 0.6 is 11.8 Å². The molecule has 98 valence electrons. The second-order valence-electron chi connectivity index (χ2n) is 4.33. The smallest absolute Gasteiger partial charge is 0.258 e. The summed E-state index contributed by atoms with van der Waals surface area (Å²) < 4.78 is 0. The highest BCUT2D eigenvalue weighted by atomic mass is 32.2. The lowest BCUT2D eigenvalue weighted by atomic mass is 10.1. The normalized spacial score (nSPS) is 10.6. The van der Waals surface area contributed by atoms with Crippen LogP contribution in [0.25, 0.3) is 10.8 Å². The number of hydrogen-bond donors (Lipinski definition) is 0. The molecule has 0 aliphatic carbocycles. The van der Waals surface area contributed by atoms with Crippen molar-refractivity contribution >= 4 is 28.2 Å². The van der Waals surface area contributed by atoms with Gasteiger partial charge in [-0.15, -0.1) is 0 Å². The zero-order valence-electron chi connectivity index (χ0n) is 10.5. The molecule has 3 nitrogen and oxygen atoms in total. The Balaban J connectivity index is 1.95. The largest absolute Gasteiger partial charge is 0.269 e. The third-order valence-corrected chi connectivity index (χ3v) is 4.11. The Hall–Kier alpha value is -2.33. The molecule has 0 radical (unpaired) electrons. The molecule has 0 saturated heterocycles. The number of nitro groups is 1. The second kappa shape index (κ2) is 5.35. The molecular formula is C16H11NO2S. The highest BCUT2D eigenvalue weighted by Crippen LogP contribution is 2.34. The van der Waals surface area contributed by atoms with E-state index >= 15 is 0 Å². The van der Waals surface area contributed by atoms with E-state index in [1.165, 1.54) is 22.9 Å². The Bertz CT molecular complexity index is 764. The van der Waals surface area contributed by atoms with Crippen LogP contribution in [0.5, 0.6) is 0 Å². The summed E-state index contributed by atoms with van der Waals surface area (Å²) in [5.41, 5.74) is 0.118. The van der Waals surface area contributed by atoms with E-state index in [2.05, 4.69) is 24.3 Å². The molecule has 0 aromatic heterocycles. The quantitative estimate of drug-likeness (QED) is 0.506. The van der Waals surface area contributed by atoms with Crippen molar-refractivity contribution in [3.05, 3.63) is 76.8 Å². The SMILES string of the molecule is O=[N+]([O-])c1ccc(Sc2cccc3ccccc23)cc1. The van der Waals surface area contributed by atoms with Crippen molar-refractivity contribution in [1.82, 2.24) is 0 Å². The topological polar surface area (TPSA) is 43.1 Å². The molecule has 0 amide bonds. The first-order valence-corrected chi connectivity index (χ1v) is 6.96. The van der Waals surface area contributed by atoms with Crippen molar-refractivity contribution in [3.8, 4) is 0 Å². The van der Waals surface area contributed by atoms with Crippen LogP contribution in [0, 0.1) is 10.1 Å². The highest BCUT2D eigenvalue weighted by molar-refractivity contribution is 7.99. The first-order valence-electron chi connectivity index (χ1n) is 6.14. The third kappa shape index (κ3) is 2.51. The van der Waals surface area contributed by atoms with Gasteiger partial charge in [0.2, 0.25) is 0 Å². The third-order valence-electron chi connectivity index (χ3n) is 3.02. The molecule has 4 heteroatoms. The van der Waals surface area contributed by atoms with Gasteiger partial charge >= 0.3 is 0 Å². The standard InChI is InChI=1S/C16H11NO2S/c18-17(19)13-8-10-14(11-9-13)20-16-7-3-5-12-4-1-2-6-15(12)16/h1-11H.